The summed E-state index contributed by atoms with van der Waals surface area (Å²) in [6, 6.07) is 36.5. The van der Waals surface area contributed by atoms with Crippen molar-refractivity contribution in [2.24, 2.45) is 0 Å². The Hall–Kier alpha value is -3.82. The first-order valence-electron chi connectivity index (χ1n) is 10.3. The van der Waals surface area contributed by atoms with E-state index in [1.165, 1.54) is 22.0 Å². The second kappa shape index (κ2) is 8.37. The first-order valence-corrected chi connectivity index (χ1v) is 12.3. The van der Waals surface area contributed by atoms with Crippen LogP contribution in [-0.2, 0) is 6.16 Å². The Morgan fingerprint density at radius 3 is 1.72 bits per heavy atom. The second-order valence-corrected chi connectivity index (χ2v) is 11.1. The number of aromatic amines is 1. The SMILES string of the molecule is O=[N+]([O-])c1ccc2n[nH]c(C[P+](c3ccccc3)(c3ccccc3)c3ccccc3)c2c1. The summed E-state index contributed by atoms with van der Waals surface area (Å²) >= 11 is 0. The zero-order valence-corrected chi connectivity index (χ0v) is 18.2. The van der Waals surface area contributed by atoms with Gasteiger partial charge in [0.2, 0.25) is 0 Å². The van der Waals surface area contributed by atoms with Crippen molar-refractivity contribution in [3.63, 3.8) is 0 Å². The summed E-state index contributed by atoms with van der Waals surface area (Å²) in [5.74, 6) is 0. The minimum Gasteiger partial charge on any atom is -0.278 e. The van der Waals surface area contributed by atoms with E-state index in [-0.39, 0.29) is 10.6 Å². The molecule has 0 aliphatic heterocycles. The van der Waals surface area contributed by atoms with Crippen LogP contribution in [-0.4, -0.2) is 15.1 Å². The highest BCUT2D eigenvalue weighted by atomic mass is 31.2. The van der Waals surface area contributed by atoms with Gasteiger partial charge in [0, 0.05) is 17.5 Å². The third kappa shape index (κ3) is 3.47. The lowest BCUT2D eigenvalue weighted by Gasteiger charge is -2.27. The van der Waals surface area contributed by atoms with Gasteiger partial charge in [0.05, 0.1) is 16.1 Å². The molecule has 32 heavy (non-hydrogen) atoms. The molecule has 1 N–H and O–H groups in total. The van der Waals surface area contributed by atoms with Gasteiger partial charge in [-0.25, -0.2) is 0 Å². The summed E-state index contributed by atoms with van der Waals surface area (Å²) in [7, 11) is -2.13. The lowest BCUT2D eigenvalue weighted by Crippen LogP contribution is -2.32. The highest BCUT2D eigenvalue weighted by Crippen LogP contribution is 2.58. The third-order valence-electron chi connectivity index (χ3n) is 5.81. The maximum absolute atomic E-state index is 11.4. The van der Waals surface area contributed by atoms with E-state index >= 15 is 0 Å². The molecule has 0 fully saturated rings. The Balaban J connectivity index is 1.79. The van der Waals surface area contributed by atoms with Gasteiger partial charge in [0.1, 0.15) is 29.3 Å². The number of nitrogens with zero attached hydrogens (tertiary/aromatic N) is 2. The van der Waals surface area contributed by atoms with E-state index in [0.29, 0.717) is 6.16 Å². The van der Waals surface area contributed by atoms with Gasteiger partial charge in [-0.05, 0) is 42.5 Å². The van der Waals surface area contributed by atoms with Crippen LogP contribution < -0.4 is 15.9 Å². The molecular weight excluding hydrogens is 417 g/mol. The smallest absolute Gasteiger partial charge is 0.270 e. The first-order chi connectivity index (χ1) is 15.7. The average molecular weight is 438 g/mol. The van der Waals surface area contributed by atoms with Crippen molar-refractivity contribution in [3.8, 4) is 0 Å². The van der Waals surface area contributed by atoms with Crippen molar-refractivity contribution < 1.29 is 4.92 Å². The second-order valence-electron chi connectivity index (χ2n) is 7.64. The Labute approximate surface area is 186 Å². The highest BCUT2D eigenvalue weighted by Gasteiger charge is 2.46. The Morgan fingerprint density at radius 2 is 1.25 bits per heavy atom. The topological polar surface area (TPSA) is 71.8 Å². The summed E-state index contributed by atoms with van der Waals surface area (Å²) in [6.07, 6.45) is 0.683. The van der Waals surface area contributed by atoms with Gasteiger partial charge >= 0.3 is 0 Å². The summed E-state index contributed by atoms with van der Waals surface area (Å²) in [6.45, 7) is 0. The van der Waals surface area contributed by atoms with Gasteiger partial charge in [-0.3, -0.25) is 15.2 Å². The van der Waals surface area contributed by atoms with Gasteiger partial charge < -0.3 is 0 Å². The molecule has 0 aliphatic rings. The lowest BCUT2D eigenvalue weighted by atomic mass is 10.2. The quantitative estimate of drug-likeness (QED) is 0.231. The molecular formula is C26H21N3O2P+. The Bertz CT molecular complexity index is 1270. The number of rotatable bonds is 6. The summed E-state index contributed by atoms with van der Waals surface area (Å²) in [4.78, 5) is 11.1. The molecule has 1 aromatic heterocycles. The fourth-order valence-electron chi connectivity index (χ4n) is 4.29. The molecule has 0 spiro atoms. The molecule has 5 aromatic rings. The van der Waals surface area contributed by atoms with E-state index in [2.05, 4.69) is 83.0 Å². The number of nitro benzene ring substituents is 1. The van der Waals surface area contributed by atoms with Crippen LogP contribution in [0.4, 0.5) is 5.69 Å². The molecule has 0 saturated heterocycles. The van der Waals surface area contributed by atoms with Crippen LogP contribution in [0.1, 0.15) is 5.69 Å². The summed E-state index contributed by atoms with van der Waals surface area (Å²) in [5, 5.41) is 23.6. The largest absolute Gasteiger partial charge is 0.278 e. The van der Waals surface area contributed by atoms with Crippen molar-refractivity contribution in [2.75, 3.05) is 0 Å². The van der Waals surface area contributed by atoms with E-state index in [0.717, 1.165) is 16.6 Å². The first kappa shape index (κ1) is 20.1. The van der Waals surface area contributed by atoms with E-state index in [1.807, 2.05) is 18.2 Å². The molecule has 0 atom stereocenters. The number of hydrogen-bond acceptors (Lipinski definition) is 3. The molecule has 0 aliphatic carbocycles. The number of fused-ring (bicyclic) bond motifs is 1. The predicted octanol–water partition coefficient (Wildman–Crippen LogP) is 4.97. The van der Waals surface area contributed by atoms with Crippen LogP contribution in [0.5, 0.6) is 0 Å². The molecule has 4 aromatic carbocycles. The van der Waals surface area contributed by atoms with Gasteiger partial charge in [-0.15, -0.1) is 0 Å². The number of nitro groups is 1. The fourth-order valence-corrected chi connectivity index (χ4v) is 8.49. The molecule has 0 unspecified atom stereocenters. The van der Waals surface area contributed by atoms with E-state index < -0.39 is 7.26 Å². The van der Waals surface area contributed by atoms with Crippen LogP contribution >= 0.6 is 7.26 Å². The summed E-state index contributed by atoms with van der Waals surface area (Å²) in [5.41, 5.74) is 1.72. The van der Waals surface area contributed by atoms with Gasteiger partial charge in [0.25, 0.3) is 5.69 Å². The normalized spacial score (nSPS) is 11.5. The van der Waals surface area contributed by atoms with Crippen LogP contribution in [0.15, 0.2) is 109 Å². The molecule has 0 bridgehead atoms. The molecule has 1 heterocycles. The van der Waals surface area contributed by atoms with Crippen LogP contribution in [0.2, 0.25) is 0 Å². The Morgan fingerprint density at radius 1 is 0.750 bits per heavy atom. The molecule has 0 radical (unpaired) electrons. The van der Waals surface area contributed by atoms with Gasteiger partial charge in [-0.1, -0.05) is 54.6 Å². The monoisotopic (exact) mass is 438 g/mol. The number of non-ortho nitro benzene ring substituents is 1. The van der Waals surface area contributed by atoms with Crippen molar-refractivity contribution in [1.82, 2.24) is 10.2 Å². The highest BCUT2D eigenvalue weighted by molar-refractivity contribution is 7.95. The number of H-pyrrole nitrogens is 1. The van der Waals surface area contributed by atoms with Crippen molar-refractivity contribution in [1.29, 1.82) is 0 Å². The van der Waals surface area contributed by atoms with E-state index in [9.17, 15) is 10.1 Å². The number of benzene rings is 4. The zero-order valence-electron chi connectivity index (χ0n) is 17.3. The molecule has 6 heteroatoms. The molecule has 5 nitrogen and oxygen atoms in total. The molecule has 0 saturated carbocycles. The Kier molecular flexibility index (Phi) is 5.26. The standard InChI is InChI=1S/C26H21N3O2P/c30-29(31)20-16-17-25-24(18-20)26(28-27-25)19-32(21-10-4-1-5-11-21,22-12-6-2-7-13-22)23-14-8-3-9-15-23/h1-18H,19H2,(H,27,28)/q+1. The predicted molar refractivity (Wildman–Crippen MR) is 132 cm³/mol. The molecule has 5 rings (SSSR count). The summed E-state index contributed by atoms with van der Waals surface area (Å²) < 4.78 is 0. The van der Waals surface area contributed by atoms with Crippen LogP contribution in [0, 0.1) is 10.1 Å². The van der Waals surface area contributed by atoms with Crippen molar-refractivity contribution in [3.05, 3.63) is 125 Å². The number of nitrogens with one attached hydrogen (secondary N) is 1. The minimum atomic E-state index is -2.13. The maximum Gasteiger partial charge on any atom is 0.270 e. The zero-order chi connectivity index (χ0) is 22.0. The number of aromatic nitrogens is 2. The lowest BCUT2D eigenvalue weighted by molar-refractivity contribution is -0.384. The van der Waals surface area contributed by atoms with Crippen LogP contribution in [0.3, 0.4) is 0 Å². The molecule has 0 amide bonds. The molecule has 156 valence electrons. The van der Waals surface area contributed by atoms with Crippen molar-refractivity contribution >= 4 is 39.8 Å². The van der Waals surface area contributed by atoms with Gasteiger partial charge in [-0.2, -0.15) is 5.10 Å². The maximum atomic E-state index is 11.4. The van der Waals surface area contributed by atoms with Gasteiger partial charge in [0.15, 0.2) is 0 Å². The third-order valence-corrected chi connectivity index (χ3v) is 10.1. The van der Waals surface area contributed by atoms with E-state index in [1.54, 1.807) is 12.1 Å². The fraction of sp³-hybridized carbons (Fsp3) is 0.0385. The minimum absolute atomic E-state index is 0.0724. The average Bonchev–Trinajstić information content (AvgIpc) is 3.26. The number of hydrogen-bond donors (Lipinski definition) is 1. The van der Waals surface area contributed by atoms with E-state index in [4.69, 9.17) is 0 Å². The van der Waals surface area contributed by atoms with Crippen molar-refractivity contribution in [2.45, 2.75) is 6.16 Å². The van der Waals surface area contributed by atoms with Crippen LogP contribution in [0.25, 0.3) is 10.9 Å².